The van der Waals surface area contributed by atoms with E-state index in [1.54, 1.807) is 19.1 Å². The van der Waals surface area contributed by atoms with E-state index in [4.69, 9.17) is 8.92 Å². The fraction of sp³-hybridized carbons (Fsp3) is 0.188. The molecule has 1 radical (unpaired) electrons. The van der Waals surface area contributed by atoms with E-state index in [9.17, 15) is 13.5 Å². The zero-order valence-electron chi connectivity index (χ0n) is 12.5. The van der Waals surface area contributed by atoms with E-state index in [1.807, 2.05) is 29.5 Å². The lowest BCUT2D eigenvalue weighted by atomic mass is 10.1. The third kappa shape index (κ3) is 4.40. The van der Waals surface area contributed by atoms with Crippen LogP contribution in [0.25, 0.3) is 0 Å². The standard InChI is InChI=1S/C16H14IO5S/c1-3-21-16(18)14-10-12(17)6-9-15(14)22-23(19,20)13-7-4-11(2)5-8-13/h4-8,10H,3H2,1-2H3. The van der Waals surface area contributed by atoms with E-state index < -0.39 is 16.1 Å². The Kier molecular flexibility index (Phi) is 5.56. The van der Waals surface area contributed by atoms with Gasteiger partial charge in [0, 0.05) is 3.58 Å². The predicted octanol–water partition coefficient (Wildman–Crippen LogP) is 3.75. The minimum atomic E-state index is -4.06. The summed E-state index contributed by atoms with van der Waals surface area (Å²) in [4.78, 5) is 0.00450. The van der Waals surface area contributed by atoms with Crippen LogP contribution in [0.15, 0.2) is 67.9 Å². The molecule has 0 fully saturated rings. The second-order valence-corrected chi connectivity index (χ2v) is 7.42. The van der Waals surface area contributed by atoms with Crippen LogP contribution in [-0.4, -0.2) is 15.0 Å². The minimum Gasteiger partial charge on any atom is -0.462 e. The average molecular weight is 445 g/mol. The second kappa shape index (κ2) is 7.25. The Morgan fingerprint density at radius 3 is 2.52 bits per heavy atom. The van der Waals surface area contributed by atoms with Crippen molar-refractivity contribution in [2.45, 2.75) is 18.7 Å². The largest absolute Gasteiger partial charge is 0.462 e. The van der Waals surface area contributed by atoms with E-state index in [-0.39, 0.29) is 22.8 Å². The quantitative estimate of drug-likeness (QED) is 0.300. The fourth-order valence-electron chi connectivity index (χ4n) is 1.75. The number of ether oxygens (including phenoxy) is 1. The molecule has 7 heteroatoms. The summed E-state index contributed by atoms with van der Waals surface area (Å²) in [5.41, 5.74) is 3.62. The average Bonchev–Trinajstić information content (AvgIpc) is 2.49. The molecule has 0 saturated heterocycles. The Balaban J connectivity index is 2.39. The molecular weight excluding hydrogens is 431 g/mol. The molecule has 0 unspecified atom stereocenters. The summed E-state index contributed by atoms with van der Waals surface area (Å²) in [7, 11) is -4.06. The lowest BCUT2D eigenvalue weighted by Gasteiger charge is -2.12. The van der Waals surface area contributed by atoms with E-state index in [0.29, 0.717) is 3.58 Å². The molecule has 1 aliphatic rings. The number of hydrogen-bond acceptors (Lipinski definition) is 4. The fourth-order valence-corrected chi connectivity index (χ4v) is 3.14. The maximum absolute atomic E-state index is 12.3. The number of rotatable bonds is 5. The van der Waals surface area contributed by atoms with E-state index in [0.717, 1.165) is 5.56 Å². The smallest absolute Gasteiger partial charge is 0.342 e. The molecule has 1 aliphatic carbocycles. The molecule has 0 aliphatic heterocycles. The first-order valence-electron chi connectivity index (χ1n) is 6.73. The molecule has 5 nitrogen and oxygen atoms in total. The van der Waals surface area contributed by atoms with Crippen molar-refractivity contribution >= 4 is 32.7 Å². The maximum atomic E-state index is 12.3. The topological polar surface area (TPSA) is 72.5 Å². The van der Waals surface area contributed by atoms with E-state index >= 15 is 0 Å². The first kappa shape index (κ1) is 17.7. The van der Waals surface area contributed by atoms with Crippen LogP contribution in [-0.2, 0) is 24.1 Å². The van der Waals surface area contributed by atoms with Gasteiger partial charge < -0.3 is 8.92 Å². The van der Waals surface area contributed by atoms with Crippen molar-refractivity contribution in [2.75, 3.05) is 6.61 Å². The van der Waals surface area contributed by atoms with Crippen molar-refractivity contribution < 1.29 is 22.4 Å². The van der Waals surface area contributed by atoms with Crippen molar-refractivity contribution in [3.05, 3.63) is 68.6 Å². The van der Waals surface area contributed by atoms with Crippen LogP contribution in [0.5, 0.6) is 0 Å². The number of halogens is 1. The third-order valence-corrected chi connectivity index (χ3v) is 4.72. The second-order valence-electron chi connectivity index (χ2n) is 4.63. The van der Waals surface area contributed by atoms with Crippen molar-refractivity contribution in [1.29, 1.82) is 0 Å². The highest BCUT2D eigenvalue weighted by atomic mass is 127. The van der Waals surface area contributed by atoms with Crippen molar-refractivity contribution in [3.8, 4) is 0 Å². The van der Waals surface area contributed by atoms with Gasteiger partial charge in [0.15, 0.2) is 5.76 Å². The first-order chi connectivity index (χ1) is 10.8. The summed E-state index contributed by atoms with van der Waals surface area (Å²) in [6.45, 7) is 3.69. The molecule has 0 aromatic heterocycles. The Morgan fingerprint density at radius 1 is 1.26 bits per heavy atom. The Bertz CT molecular complexity index is 826. The lowest BCUT2D eigenvalue weighted by molar-refractivity contribution is 0.0564. The zero-order chi connectivity index (χ0) is 17.0. The van der Waals surface area contributed by atoms with Gasteiger partial charge >= 0.3 is 16.1 Å². The highest BCUT2D eigenvalue weighted by molar-refractivity contribution is 14.1. The first-order valence-corrected chi connectivity index (χ1v) is 9.21. The summed E-state index contributed by atoms with van der Waals surface area (Å²) < 4.78 is 35.4. The van der Waals surface area contributed by atoms with Crippen LogP contribution in [0.2, 0.25) is 0 Å². The molecule has 0 N–H and O–H groups in total. The summed E-state index contributed by atoms with van der Waals surface area (Å²) >= 11 is 1.99. The Morgan fingerprint density at radius 2 is 1.91 bits per heavy atom. The minimum absolute atomic E-state index is 0.00450. The summed E-state index contributed by atoms with van der Waals surface area (Å²) in [5, 5.41) is 12.0. The number of hydrogen-bond donors (Lipinski definition) is 0. The van der Waals surface area contributed by atoms with Crippen LogP contribution in [0.3, 0.4) is 0 Å². The van der Waals surface area contributed by atoms with Gasteiger partial charge in [-0.3, -0.25) is 0 Å². The molecule has 0 amide bonds. The predicted molar refractivity (Wildman–Crippen MR) is 92.5 cm³/mol. The zero-order valence-corrected chi connectivity index (χ0v) is 15.5. The molecule has 23 heavy (non-hydrogen) atoms. The van der Waals surface area contributed by atoms with Crippen LogP contribution >= 0.6 is 22.6 Å². The van der Waals surface area contributed by atoms with Crippen molar-refractivity contribution in [1.82, 2.24) is 0 Å². The van der Waals surface area contributed by atoms with Gasteiger partial charge in [-0.05, 0) is 60.7 Å². The van der Waals surface area contributed by atoms with Gasteiger partial charge in [0.25, 0.3) is 0 Å². The molecule has 0 atom stereocenters. The third-order valence-electron chi connectivity index (χ3n) is 2.87. The van der Waals surface area contributed by atoms with Crippen LogP contribution < -0.4 is 0 Å². The monoisotopic (exact) mass is 445 g/mol. The molecule has 0 bridgehead atoms. The molecule has 1 aromatic carbocycles. The molecule has 0 saturated carbocycles. The SMILES string of the molecule is CCOC([O])=C1C=C(I)C=C=C1OS(=O)(=O)c1ccc(C)cc1. The van der Waals surface area contributed by atoms with E-state index in [2.05, 4.69) is 5.73 Å². The van der Waals surface area contributed by atoms with Gasteiger partial charge in [0.2, 0.25) is 0 Å². The molecule has 1 aromatic rings. The van der Waals surface area contributed by atoms with Gasteiger partial charge in [-0.2, -0.15) is 8.42 Å². The Hall–Kier alpha value is -1.70. The number of allylic oxidation sites excluding steroid dienone is 2. The number of aryl methyl sites for hydroxylation is 1. The van der Waals surface area contributed by atoms with Crippen molar-refractivity contribution in [3.63, 3.8) is 0 Å². The van der Waals surface area contributed by atoms with Gasteiger partial charge in [-0.15, -0.1) is 0 Å². The lowest BCUT2D eigenvalue weighted by Crippen LogP contribution is -2.09. The van der Waals surface area contributed by atoms with Gasteiger partial charge in [-0.1, -0.05) is 23.4 Å². The molecular formula is C16H14IO5S. The molecule has 2 rings (SSSR count). The summed E-state index contributed by atoms with van der Waals surface area (Å²) in [6, 6.07) is 6.23. The van der Waals surface area contributed by atoms with E-state index in [1.165, 1.54) is 24.3 Å². The van der Waals surface area contributed by atoms with Gasteiger partial charge in [0.1, 0.15) is 10.5 Å². The summed E-state index contributed by atoms with van der Waals surface area (Å²) in [5.74, 6) is -0.833. The maximum Gasteiger partial charge on any atom is 0.342 e. The highest BCUT2D eigenvalue weighted by Crippen LogP contribution is 2.28. The summed E-state index contributed by atoms with van der Waals surface area (Å²) in [6.07, 6.45) is 3.03. The normalized spacial score (nSPS) is 16.5. The van der Waals surface area contributed by atoms with Gasteiger partial charge in [-0.25, -0.2) is 5.11 Å². The van der Waals surface area contributed by atoms with Crippen LogP contribution in [0, 0.1) is 6.92 Å². The van der Waals surface area contributed by atoms with Crippen molar-refractivity contribution in [2.24, 2.45) is 0 Å². The molecule has 121 valence electrons. The molecule has 0 spiro atoms. The van der Waals surface area contributed by atoms with Gasteiger partial charge in [0.05, 0.1) is 6.61 Å². The van der Waals surface area contributed by atoms with Crippen LogP contribution in [0.4, 0.5) is 0 Å². The molecule has 0 heterocycles. The van der Waals surface area contributed by atoms with Crippen LogP contribution in [0.1, 0.15) is 12.5 Å². The Labute approximate surface area is 148 Å². The highest BCUT2D eigenvalue weighted by Gasteiger charge is 2.24. The number of benzene rings is 1.